The zero-order chi connectivity index (χ0) is 12.9. The van der Waals surface area contributed by atoms with Crippen LogP contribution < -0.4 is 0 Å². The van der Waals surface area contributed by atoms with Crippen LogP contribution in [0.2, 0.25) is 0 Å². The Morgan fingerprint density at radius 1 is 1.00 bits per heavy atom. The van der Waals surface area contributed by atoms with Crippen molar-refractivity contribution in [1.82, 2.24) is 0 Å². The van der Waals surface area contributed by atoms with Gasteiger partial charge in [-0.25, -0.2) is 4.39 Å². The zero-order valence-electron chi connectivity index (χ0n) is 12.4. The van der Waals surface area contributed by atoms with E-state index >= 15 is 0 Å². The molecule has 1 aromatic carbocycles. The molecule has 16 heavy (non-hydrogen) atoms. The third-order valence-electron chi connectivity index (χ3n) is 2.55. The van der Waals surface area contributed by atoms with Crippen LogP contribution in [-0.2, 0) is 0 Å². The summed E-state index contributed by atoms with van der Waals surface area (Å²) in [5, 5.41) is 0. The molecule has 0 heterocycles. The third-order valence-corrected chi connectivity index (χ3v) is 2.55. The van der Waals surface area contributed by atoms with Gasteiger partial charge in [0.2, 0.25) is 0 Å². The molecule has 2 radical (unpaired) electrons. The molecule has 1 heteroatoms. The molecule has 0 N–H and O–H groups in total. The van der Waals surface area contributed by atoms with Crippen LogP contribution in [0.3, 0.4) is 0 Å². The highest BCUT2D eigenvalue weighted by atomic mass is 19.1. The lowest BCUT2D eigenvalue weighted by Gasteiger charge is -2.15. The first-order chi connectivity index (χ1) is 7.45. The van der Waals surface area contributed by atoms with E-state index in [0.29, 0.717) is 11.5 Å². The second-order valence-electron chi connectivity index (χ2n) is 4.35. The first kappa shape index (κ1) is 15.2. The van der Waals surface area contributed by atoms with Gasteiger partial charge in [0.1, 0.15) is 5.82 Å². The summed E-state index contributed by atoms with van der Waals surface area (Å²) in [5.74, 6) is 0.418. The van der Waals surface area contributed by atoms with E-state index in [4.69, 9.17) is 0 Å². The van der Waals surface area contributed by atoms with Crippen molar-refractivity contribution in [2.45, 2.75) is 53.4 Å². The van der Waals surface area contributed by atoms with E-state index in [-0.39, 0.29) is 13.2 Å². The smallest absolute Gasteiger partial charge is 0.130 e. The third kappa shape index (κ3) is 3.33. The number of benzene rings is 1. The van der Waals surface area contributed by atoms with Gasteiger partial charge in [0.25, 0.3) is 0 Å². The molecule has 0 bridgehead atoms. The highest BCUT2D eigenvalue weighted by molar-refractivity contribution is 5.38. The van der Waals surface area contributed by atoms with Crippen LogP contribution in [0, 0.1) is 12.7 Å². The number of halogens is 1. The number of hydrogen-bond acceptors (Lipinski definition) is 0. The molecule has 0 atom stereocenters. The first-order valence-corrected chi connectivity index (χ1v) is 6.09. The fourth-order valence-corrected chi connectivity index (χ4v) is 1.64. The van der Waals surface area contributed by atoms with Crippen molar-refractivity contribution in [3.63, 3.8) is 0 Å². The molecule has 0 amide bonds. The van der Waals surface area contributed by atoms with Crippen molar-refractivity contribution in [2.24, 2.45) is 0 Å². The highest BCUT2D eigenvalue weighted by Gasteiger charge is 2.13. The summed E-state index contributed by atoms with van der Waals surface area (Å²) in [6.07, 6.45) is 0. The molecule has 0 fully saturated rings. The second-order valence-corrected chi connectivity index (χ2v) is 4.35. The Kier molecular flexibility index (Phi) is 6.32. The SMILES string of the molecule is CC.[CH2]c1c(C(C)C)ccc(C(C)C)c1F.[H]. The largest absolute Gasteiger partial charge is 0.206 e. The van der Waals surface area contributed by atoms with Gasteiger partial charge >= 0.3 is 0 Å². The van der Waals surface area contributed by atoms with Gasteiger partial charge in [-0.3, -0.25) is 0 Å². The summed E-state index contributed by atoms with van der Waals surface area (Å²) in [6.45, 7) is 15.9. The Bertz CT molecular complexity index is 297. The quantitative estimate of drug-likeness (QED) is 0.631. The van der Waals surface area contributed by atoms with Gasteiger partial charge in [-0.15, -0.1) is 0 Å². The molecule has 0 saturated heterocycles. The predicted molar refractivity (Wildman–Crippen MR) is 71.5 cm³/mol. The minimum absolute atomic E-state index is 0. The molecule has 0 aliphatic rings. The van der Waals surface area contributed by atoms with Gasteiger partial charge in [0, 0.05) is 1.43 Å². The molecule has 0 aliphatic carbocycles. The van der Waals surface area contributed by atoms with Crippen LogP contribution in [0.25, 0.3) is 0 Å². The molecule has 0 aliphatic heterocycles. The van der Waals surface area contributed by atoms with Crippen LogP contribution in [0.4, 0.5) is 4.39 Å². The topological polar surface area (TPSA) is 0 Å². The lowest BCUT2D eigenvalue weighted by atomic mass is 9.92. The van der Waals surface area contributed by atoms with Gasteiger partial charge in [-0.2, -0.15) is 0 Å². The van der Waals surface area contributed by atoms with Crippen LogP contribution in [0.1, 0.15) is 71.5 Å². The fraction of sp³-hybridized carbons (Fsp3) is 0.533. The molecular weight excluding hydrogens is 199 g/mol. The molecule has 0 saturated carbocycles. The number of rotatable bonds is 2. The molecule has 0 spiro atoms. The summed E-state index contributed by atoms with van der Waals surface area (Å²) >= 11 is 0. The van der Waals surface area contributed by atoms with Crippen LogP contribution in [0.5, 0.6) is 0 Å². The van der Waals surface area contributed by atoms with Crippen molar-refractivity contribution in [3.8, 4) is 0 Å². The van der Waals surface area contributed by atoms with E-state index in [1.54, 1.807) is 0 Å². The molecule has 92 valence electrons. The second kappa shape index (κ2) is 6.67. The molecule has 1 rings (SSSR count). The molecular formula is C15H25F. The molecule has 0 aromatic heterocycles. The number of hydrogen-bond donors (Lipinski definition) is 0. The van der Waals surface area contributed by atoms with E-state index in [1.165, 1.54) is 0 Å². The average molecular weight is 224 g/mol. The van der Waals surface area contributed by atoms with Crippen LogP contribution >= 0.6 is 0 Å². The minimum Gasteiger partial charge on any atom is -0.206 e. The average Bonchev–Trinajstić information content (AvgIpc) is 2.23. The maximum Gasteiger partial charge on any atom is 0.130 e. The van der Waals surface area contributed by atoms with Crippen LogP contribution in [-0.4, -0.2) is 0 Å². The summed E-state index contributed by atoms with van der Waals surface area (Å²) < 4.78 is 13.8. The van der Waals surface area contributed by atoms with Crippen molar-refractivity contribution in [1.29, 1.82) is 0 Å². The molecule has 0 nitrogen and oxygen atoms in total. The maximum absolute atomic E-state index is 13.8. The van der Waals surface area contributed by atoms with Gasteiger partial charge in [0.15, 0.2) is 0 Å². The van der Waals surface area contributed by atoms with E-state index in [0.717, 1.165) is 11.1 Å². The summed E-state index contributed by atoms with van der Waals surface area (Å²) in [4.78, 5) is 0. The Balaban J connectivity index is 0. The molecule has 1 aromatic rings. The molecule has 0 unspecified atom stereocenters. The monoisotopic (exact) mass is 224 g/mol. The Morgan fingerprint density at radius 2 is 1.38 bits per heavy atom. The Hall–Kier alpha value is -0.850. The van der Waals surface area contributed by atoms with Gasteiger partial charge < -0.3 is 0 Å². The van der Waals surface area contributed by atoms with Gasteiger partial charge in [0.05, 0.1) is 0 Å². The first-order valence-electron chi connectivity index (χ1n) is 6.09. The predicted octanol–water partition coefficient (Wildman–Crippen LogP) is 5.39. The Morgan fingerprint density at radius 3 is 1.75 bits per heavy atom. The highest BCUT2D eigenvalue weighted by Crippen LogP contribution is 2.27. The lowest BCUT2D eigenvalue weighted by molar-refractivity contribution is 0.589. The Labute approximate surface area is 101 Å². The minimum atomic E-state index is -0.133. The summed E-state index contributed by atoms with van der Waals surface area (Å²) in [5.41, 5.74) is 2.33. The fourth-order valence-electron chi connectivity index (χ4n) is 1.64. The van der Waals surface area contributed by atoms with E-state index in [2.05, 4.69) is 20.8 Å². The standard InChI is InChI=1S/C13H18F.C2H6.H/c1-8(2)11-6-7-12(9(3)4)13(14)10(11)5;1-2;/h6-9H,5H2,1-4H3;1-2H3;. The van der Waals surface area contributed by atoms with E-state index in [9.17, 15) is 4.39 Å². The van der Waals surface area contributed by atoms with Crippen molar-refractivity contribution < 1.29 is 5.82 Å². The van der Waals surface area contributed by atoms with Gasteiger partial charge in [-0.1, -0.05) is 53.7 Å². The van der Waals surface area contributed by atoms with Crippen molar-refractivity contribution in [2.75, 3.05) is 0 Å². The maximum atomic E-state index is 13.8. The van der Waals surface area contributed by atoms with Crippen molar-refractivity contribution >= 4 is 0 Å². The van der Waals surface area contributed by atoms with E-state index in [1.807, 2.05) is 39.8 Å². The normalized spacial score (nSPS) is 10.4. The van der Waals surface area contributed by atoms with E-state index < -0.39 is 0 Å². The zero-order valence-corrected chi connectivity index (χ0v) is 11.4. The van der Waals surface area contributed by atoms with Gasteiger partial charge in [-0.05, 0) is 35.4 Å². The summed E-state index contributed by atoms with van der Waals surface area (Å²) in [7, 11) is 0. The lowest BCUT2D eigenvalue weighted by Crippen LogP contribution is -2.01. The summed E-state index contributed by atoms with van der Waals surface area (Å²) in [6, 6.07) is 3.87. The van der Waals surface area contributed by atoms with Crippen molar-refractivity contribution in [3.05, 3.63) is 41.6 Å². The van der Waals surface area contributed by atoms with Crippen LogP contribution in [0.15, 0.2) is 12.1 Å².